The lowest BCUT2D eigenvalue weighted by Gasteiger charge is -2.26. The number of oxazole rings is 1. The van der Waals surface area contributed by atoms with Crippen LogP contribution in [0.4, 0.5) is 6.01 Å². The molecule has 0 spiro atoms. The van der Waals surface area contributed by atoms with Gasteiger partial charge in [-0.3, -0.25) is 14.4 Å². The molecule has 0 aliphatic carbocycles. The summed E-state index contributed by atoms with van der Waals surface area (Å²) in [6.07, 6.45) is 1.97. The highest BCUT2D eigenvalue weighted by Crippen LogP contribution is 2.27. The summed E-state index contributed by atoms with van der Waals surface area (Å²) in [6.45, 7) is 4.10. The summed E-state index contributed by atoms with van der Waals surface area (Å²) in [5, 5.41) is 10.0. The molecule has 1 fully saturated rings. The molecule has 3 N–H and O–H groups in total. The van der Waals surface area contributed by atoms with Crippen molar-refractivity contribution in [2.45, 2.75) is 32.4 Å². The topological polar surface area (TPSA) is 113 Å². The van der Waals surface area contributed by atoms with Crippen LogP contribution in [0, 0.1) is 5.92 Å². The maximum absolute atomic E-state index is 12.6. The lowest BCUT2D eigenvalue weighted by atomic mass is 10.0. The average Bonchev–Trinajstić information content (AvgIpc) is 3.27. The lowest BCUT2D eigenvalue weighted by molar-refractivity contribution is -0.141. The van der Waals surface area contributed by atoms with Crippen LogP contribution in [0.1, 0.15) is 20.3 Å². The molecule has 0 saturated carbocycles. The monoisotopic (exact) mass is 376 g/mol. The standard InChI is InChI=1S/C17H20N4O4S/c1-9(2)13(15(23)20-10-5-6-18-16(24)14(10)22)21-17-19-8-11(25-17)12-4-3-7-26-12/h3-4,7-10,13H,5-6H2,1-2H3,(H,18,24)(H,19,21)(H,20,23). The van der Waals surface area contributed by atoms with Gasteiger partial charge in [0.25, 0.3) is 11.9 Å². The zero-order valence-corrected chi connectivity index (χ0v) is 15.3. The molecule has 3 rings (SSSR count). The van der Waals surface area contributed by atoms with Gasteiger partial charge in [0.1, 0.15) is 6.04 Å². The first kappa shape index (κ1) is 18.1. The van der Waals surface area contributed by atoms with Gasteiger partial charge in [0.05, 0.1) is 17.1 Å². The summed E-state index contributed by atoms with van der Waals surface area (Å²) < 4.78 is 5.66. The number of amides is 2. The van der Waals surface area contributed by atoms with Crippen LogP contribution in [0.2, 0.25) is 0 Å². The van der Waals surface area contributed by atoms with Crippen LogP contribution in [-0.2, 0) is 14.4 Å². The summed E-state index contributed by atoms with van der Waals surface area (Å²) >= 11 is 1.53. The molecule has 2 amide bonds. The minimum absolute atomic E-state index is 0.0837. The molecule has 1 saturated heterocycles. The van der Waals surface area contributed by atoms with Gasteiger partial charge in [-0.25, -0.2) is 4.98 Å². The van der Waals surface area contributed by atoms with E-state index >= 15 is 0 Å². The van der Waals surface area contributed by atoms with Gasteiger partial charge in [-0.2, -0.15) is 0 Å². The number of nitrogens with zero attached hydrogens (tertiary/aromatic N) is 1. The fourth-order valence-corrected chi connectivity index (χ4v) is 3.32. The third-order valence-electron chi connectivity index (χ3n) is 4.07. The minimum Gasteiger partial charge on any atom is -0.423 e. The predicted octanol–water partition coefficient (Wildman–Crippen LogP) is 1.41. The number of piperidine rings is 1. The van der Waals surface area contributed by atoms with E-state index in [9.17, 15) is 14.4 Å². The Kier molecular flexibility index (Phi) is 5.36. The van der Waals surface area contributed by atoms with Crippen molar-refractivity contribution >= 4 is 34.9 Å². The quantitative estimate of drug-likeness (QED) is 0.657. The number of rotatable bonds is 6. The number of hydrogen-bond acceptors (Lipinski definition) is 7. The van der Waals surface area contributed by atoms with Crippen molar-refractivity contribution in [3.05, 3.63) is 23.7 Å². The van der Waals surface area contributed by atoms with E-state index < -0.39 is 23.8 Å². The zero-order valence-electron chi connectivity index (χ0n) is 14.4. The van der Waals surface area contributed by atoms with Crippen LogP contribution in [0.3, 0.4) is 0 Å². The molecule has 3 heterocycles. The highest BCUT2D eigenvalue weighted by atomic mass is 32.1. The summed E-state index contributed by atoms with van der Waals surface area (Å²) in [6, 6.07) is 2.61. The van der Waals surface area contributed by atoms with Crippen molar-refractivity contribution in [3.8, 4) is 10.6 Å². The van der Waals surface area contributed by atoms with Crippen molar-refractivity contribution in [2.75, 3.05) is 11.9 Å². The van der Waals surface area contributed by atoms with Gasteiger partial charge < -0.3 is 20.4 Å². The number of ketones is 1. The first-order chi connectivity index (χ1) is 12.5. The molecule has 2 aromatic rings. The first-order valence-electron chi connectivity index (χ1n) is 8.34. The van der Waals surface area contributed by atoms with E-state index in [0.717, 1.165) is 4.88 Å². The van der Waals surface area contributed by atoms with Gasteiger partial charge in [-0.1, -0.05) is 19.9 Å². The first-order valence-corrected chi connectivity index (χ1v) is 9.22. The molecule has 26 heavy (non-hydrogen) atoms. The Morgan fingerprint density at radius 1 is 1.42 bits per heavy atom. The highest BCUT2D eigenvalue weighted by molar-refractivity contribution is 7.13. The molecule has 0 aromatic carbocycles. The Hall–Kier alpha value is -2.68. The summed E-state index contributed by atoms with van der Waals surface area (Å²) in [4.78, 5) is 41.0. The van der Waals surface area contributed by atoms with E-state index in [-0.39, 0.29) is 17.8 Å². The summed E-state index contributed by atoms with van der Waals surface area (Å²) in [5.74, 6) is -1.12. The van der Waals surface area contributed by atoms with Gasteiger partial charge in [-0.15, -0.1) is 11.3 Å². The molecular formula is C17H20N4O4S. The number of hydrogen-bond donors (Lipinski definition) is 3. The molecule has 1 aliphatic heterocycles. The van der Waals surface area contributed by atoms with Crippen LogP contribution in [-0.4, -0.2) is 41.2 Å². The summed E-state index contributed by atoms with van der Waals surface area (Å²) in [7, 11) is 0. The second kappa shape index (κ2) is 7.69. The third-order valence-corrected chi connectivity index (χ3v) is 4.96. The Bertz CT molecular complexity index is 800. The predicted molar refractivity (Wildman–Crippen MR) is 96.6 cm³/mol. The minimum atomic E-state index is -0.800. The van der Waals surface area contributed by atoms with Gasteiger partial charge >= 0.3 is 0 Å². The van der Waals surface area contributed by atoms with Gasteiger partial charge in [0, 0.05) is 6.54 Å². The third kappa shape index (κ3) is 3.93. The van der Waals surface area contributed by atoms with Crippen molar-refractivity contribution in [1.82, 2.24) is 15.6 Å². The molecule has 2 atom stereocenters. The van der Waals surface area contributed by atoms with Crippen LogP contribution in [0.5, 0.6) is 0 Å². The number of aromatic nitrogens is 1. The van der Waals surface area contributed by atoms with E-state index in [1.54, 1.807) is 6.20 Å². The highest BCUT2D eigenvalue weighted by Gasteiger charge is 2.33. The summed E-state index contributed by atoms with van der Waals surface area (Å²) in [5.41, 5.74) is 0. The fraction of sp³-hybridized carbons (Fsp3) is 0.412. The molecule has 1 aliphatic rings. The molecule has 2 aromatic heterocycles. The van der Waals surface area contributed by atoms with Crippen LogP contribution < -0.4 is 16.0 Å². The maximum Gasteiger partial charge on any atom is 0.295 e. The van der Waals surface area contributed by atoms with Crippen LogP contribution >= 0.6 is 11.3 Å². The van der Waals surface area contributed by atoms with Crippen LogP contribution in [0.15, 0.2) is 28.1 Å². The van der Waals surface area contributed by atoms with Crippen molar-refractivity contribution in [2.24, 2.45) is 5.92 Å². The Balaban J connectivity index is 1.68. The molecule has 0 radical (unpaired) electrons. The molecule has 9 heteroatoms. The largest absolute Gasteiger partial charge is 0.423 e. The normalized spacial score (nSPS) is 18.5. The van der Waals surface area contributed by atoms with Crippen molar-refractivity contribution in [3.63, 3.8) is 0 Å². The number of carbonyl (C=O) groups is 3. The molecule has 138 valence electrons. The lowest BCUT2D eigenvalue weighted by Crippen LogP contribution is -2.56. The number of anilines is 1. The van der Waals surface area contributed by atoms with Crippen molar-refractivity contribution < 1.29 is 18.8 Å². The Morgan fingerprint density at radius 3 is 2.92 bits per heavy atom. The second-order valence-electron chi connectivity index (χ2n) is 6.34. The smallest absolute Gasteiger partial charge is 0.295 e. The Labute approximate surface area is 154 Å². The van der Waals surface area contributed by atoms with E-state index in [2.05, 4.69) is 20.9 Å². The average molecular weight is 376 g/mol. The molecule has 8 nitrogen and oxygen atoms in total. The second-order valence-corrected chi connectivity index (χ2v) is 7.29. The SMILES string of the molecule is CC(C)C(Nc1ncc(-c2cccs2)o1)C(=O)NC1CCNC(=O)C1=O. The fourth-order valence-electron chi connectivity index (χ4n) is 2.65. The zero-order chi connectivity index (χ0) is 18.7. The van der Waals surface area contributed by atoms with E-state index in [4.69, 9.17) is 4.42 Å². The molecule has 2 unspecified atom stereocenters. The molecular weight excluding hydrogens is 356 g/mol. The van der Waals surface area contributed by atoms with E-state index in [1.165, 1.54) is 11.3 Å². The number of nitrogens with one attached hydrogen (secondary N) is 3. The van der Waals surface area contributed by atoms with Gasteiger partial charge in [0.15, 0.2) is 5.76 Å². The maximum atomic E-state index is 12.6. The Morgan fingerprint density at radius 2 is 2.23 bits per heavy atom. The van der Waals surface area contributed by atoms with Crippen LogP contribution in [0.25, 0.3) is 10.6 Å². The van der Waals surface area contributed by atoms with Gasteiger partial charge in [0.2, 0.25) is 11.7 Å². The number of carbonyl (C=O) groups excluding carboxylic acids is 3. The number of thiophene rings is 1. The molecule has 0 bridgehead atoms. The van der Waals surface area contributed by atoms with Gasteiger partial charge in [-0.05, 0) is 23.8 Å². The number of Topliss-reactive ketones (excluding diaryl/α,β-unsaturated/α-hetero) is 1. The van der Waals surface area contributed by atoms with E-state index in [0.29, 0.717) is 18.7 Å². The van der Waals surface area contributed by atoms with E-state index in [1.807, 2.05) is 31.4 Å². The van der Waals surface area contributed by atoms with Crippen molar-refractivity contribution in [1.29, 1.82) is 0 Å².